The molecule has 4 nitrogen and oxygen atoms in total. The molecule has 3 rings (SSSR count). The molecule has 0 saturated carbocycles. The van der Waals surface area contributed by atoms with Gasteiger partial charge in [-0.2, -0.15) is 0 Å². The Morgan fingerprint density at radius 2 is 1.82 bits per heavy atom. The van der Waals surface area contributed by atoms with Crippen molar-refractivity contribution in [1.29, 1.82) is 0 Å². The van der Waals surface area contributed by atoms with Crippen molar-refractivity contribution < 1.29 is 14.7 Å². The van der Waals surface area contributed by atoms with Crippen LogP contribution in [0.1, 0.15) is 22.3 Å². The summed E-state index contributed by atoms with van der Waals surface area (Å²) in [5, 5.41) is 14.1. The molecule has 6 heteroatoms. The summed E-state index contributed by atoms with van der Waals surface area (Å²) in [7, 11) is 0. The van der Waals surface area contributed by atoms with Crippen LogP contribution in [0.25, 0.3) is 0 Å². The van der Waals surface area contributed by atoms with Gasteiger partial charge in [0.05, 0.1) is 17.1 Å². The number of hydrogen-bond acceptors (Lipinski definition) is 3. The van der Waals surface area contributed by atoms with Gasteiger partial charge in [0.25, 0.3) is 5.91 Å². The van der Waals surface area contributed by atoms with Gasteiger partial charge in [-0.1, -0.05) is 35.3 Å². The first-order valence-corrected chi connectivity index (χ1v) is 7.29. The lowest BCUT2D eigenvalue weighted by Crippen LogP contribution is -2.36. The number of hydrogen-bond donors (Lipinski definition) is 2. The monoisotopic (exact) mass is 335 g/mol. The smallest absolute Gasteiger partial charge is 0.261 e. The minimum absolute atomic E-state index is 0.312. The van der Waals surface area contributed by atoms with Gasteiger partial charge in [0.1, 0.15) is 0 Å². The molecule has 2 N–H and O–H groups in total. The van der Waals surface area contributed by atoms with E-state index in [1.807, 2.05) is 0 Å². The molecule has 1 aliphatic rings. The number of carbonyl (C=O) groups is 2. The highest BCUT2D eigenvalue weighted by Gasteiger charge is 2.47. The van der Waals surface area contributed by atoms with Crippen molar-refractivity contribution in [2.45, 2.75) is 12.0 Å². The number of carbonyl (C=O) groups excluding carboxylic acids is 2. The molecule has 2 aromatic carbocycles. The van der Waals surface area contributed by atoms with Crippen LogP contribution in [-0.2, 0) is 10.4 Å². The van der Waals surface area contributed by atoms with Crippen molar-refractivity contribution in [3.63, 3.8) is 0 Å². The third-order valence-electron chi connectivity index (χ3n) is 3.66. The Labute approximate surface area is 136 Å². The van der Waals surface area contributed by atoms with E-state index in [0.29, 0.717) is 26.9 Å². The maximum atomic E-state index is 12.3. The lowest BCUT2D eigenvalue weighted by Gasteiger charge is -2.20. The van der Waals surface area contributed by atoms with Gasteiger partial charge in [0.15, 0.2) is 11.4 Å². The SMILES string of the molecule is O=C(C[C@@]1(O)C(=O)Nc2c(Cl)cccc21)c1ccc(Cl)cc1. The maximum Gasteiger partial charge on any atom is 0.261 e. The average Bonchev–Trinajstić information content (AvgIpc) is 2.73. The first kappa shape index (κ1) is 15.0. The molecule has 0 aromatic heterocycles. The van der Waals surface area contributed by atoms with Crippen molar-refractivity contribution in [2.24, 2.45) is 0 Å². The van der Waals surface area contributed by atoms with Gasteiger partial charge in [-0.3, -0.25) is 9.59 Å². The molecule has 2 aromatic rings. The van der Waals surface area contributed by atoms with Gasteiger partial charge < -0.3 is 10.4 Å². The van der Waals surface area contributed by atoms with E-state index in [4.69, 9.17) is 23.2 Å². The van der Waals surface area contributed by atoms with E-state index in [-0.39, 0.29) is 12.2 Å². The fourth-order valence-electron chi connectivity index (χ4n) is 2.48. The summed E-state index contributed by atoms with van der Waals surface area (Å²) in [6, 6.07) is 11.1. The van der Waals surface area contributed by atoms with Crippen LogP contribution in [0.3, 0.4) is 0 Å². The minimum Gasteiger partial charge on any atom is -0.375 e. The molecule has 1 heterocycles. The third-order valence-corrected chi connectivity index (χ3v) is 4.22. The molecule has 1 aliphatic heterocycles. The summed E-state index contributed by atoms with van der Waals surface area (Å²) in [5.74, 6) is -1.01. The number of halogens is 2. The topological polar surface area (TPSA) is 66.4 Å². The van der Waals surface area contributed by atoms with E-state index >= 15 is 0 Å². The summed E-state index contributed by atoms with van der Waals surface area (Å²) < 4.78 is 0. The Morgan fingerprint density at radius 3 is 2.50 bits per heavy atom. The number of anilines is 1. The van der Waals surface area contributed by atoms with E-state index < -0.39 is 11.5 Å². The fourth-order valence-corrected chi connectivity index (χ4v) is 2.83. The van der Waals surface area contributed by atoms with Crippen LogP contribution in [0.15, 0.2) is 42.5 Å². The van der Waals surface area contributed by atoms with Crippen LogP contribution >= 0.6 is 23.2 Å². The lowest BCUT2D eigenvalue weighted by molar-refractivity contribution is -0.133. The number of ketones is 1. The van der Waals surface area contributed by atoms with Crippen LogP contribution in [0.2, 0.25) is 10.0 Å². The molecule has 0 spiro atoms. The van der Waals surface area contributed by atoms with Gasteiger partial charge in [-0.15, -0.1) is 0 Å². The zero-order valence-electron chi connectivity index (χ0n) is 11.3. The van der Waals surface area contributed by atoms with Gasteiger partial charge in [-0.05, 0) is 30.3 Å². The molecule has 0 radical (unpaired) electrons. The number of rotatable bonds is 3. The largest absolute Gasteiger partial charge is 0.375 e. The van der Waals surface area contributed by atoms with E-state index in [1.165, 1.54) is 0 Å². The Balaban J connectivity index is 1.95. The van der Waals surface area contributed by atoms with Crippen molar-refractivity contribution in [3.05, 3.63) is 63.6 Å². The zero-order chi connectivity index (χ0) is 15.9. The quantitative estimate of drug-likeness (QED) is 0.844. The zero-order valence-corrected chi connectivity index (χ0v) is 12.8. The second kappa shape index (κ2) is 5.39. The number of Topliss-reactive ketones (excluding diaryl/α,β-unsaturated/α-hetero) is 1. The molecule has 22 heavy (non-hydrogen) atoms. The highest BCUT2D eigenvalue weighted by Crippen LogP contribution is 2.42. The van der Waals surface area contributed by atoms with Crippen LogP contribution in [0, 0.1) is 0 Å². The van der Waals surface area contributed by atoms with Crippen LogP contribution in [-0.4, -0.2) is 16.8 Å². The van der Waals surface area contributed by atoms with E-state index in [2.05, 4.69) is 5.32 Å². The predicted octanol–water partition coefficient (Wildman–Crippen LogP) is 3.41. The number of fused-ring (bicyclic) bond motifs is 1. The van der Waals surface area contributed by atoms with E-state index in [0.717, 1.165) is 0 Å². The van der Waals surface area contributed by atoms with E-state index in [9.17, 15) is 14.7 Å². The normalized spacial score (nSPS) is 19.7. The number of para-hydroxylation sites is 1. The van der Waals surface area contributed by atoms with Crippen molar-refractivity contribution in [2.75, 3.05) is 5.32 Å². The number of amides is 1. The Kier molecular flexibility index (Phi) is 3.68. The van der Waals surface area contributed by atoms with Crippen molar-refractivity contribution in [3.8, 4) is 0 Å². The standard InChI is InChI=1S/C16H11Cl2NO3/c17-10-6-4-9(5-7-10)13(20)8-16(22)11-2-1-3-12(18)14(11)19-15(16)21/h1-7,22H,8H2,(H,19,21)/t16-/m0/s1. The predicted molar refractivity (Wildman–Crippen MR) is 84.4 cm³/mol. The molecular weight excluding hydrogens is 325 g/mol. The molecule has 1 amide bonds. The summed E-state index contributed by atoms with van der Waals surface area (Å²) in [6.07, 6.45) is -0.367. The van der Waals surface area contributed by atoms with Crippen molar-refractivity contribution >= 4 is 40.6 Å². The first-order chi connectivity index (χ1) is 10.4. The maximum absolute atomic E-state index is 12.3. The highest BCUT2D eigenvalue weighted by molar-refractivity contribution is 6.35. The first-order valence-electron chi connectivity index (χ1n) is 6.53. The summed E-state index contributed by atoms with van der Waals surface area (Å²) in [4.78, 5) is 24.5. The van der Waals surface area contributed by atoms with Gasteiger partial charge in [0.2, 0.25) is 0 Å². The van der Waals surface area contributed by atoms with Crippen LogP contribution in [0.5, 0.6) is 0 Å². The second-order valence-corrected chi connectivity index (χ2v) is 5.93. The third kappa shape index (κ3) is 2.39. The molecule has 0 fully saturated rings. The minimum atomic E-state index is -1.92. The lowest BCUT2D eigenvalue weighted by atomic mass is 9.88. The molecule has 1 atom stereocenters. The Morgan fingerprint density at radius 1 is 1.14 bits per heavy atom. The Hall–Kier alpha value is -1.88. The average molecular weight is 336 g/mol. The van der Waals surface area contributed by atoms with Gasteiger partial charge >= 0.3 is 0 Å². The molecule has 112 valence electrons. The fraction of sp³-hybridized carbons (Fsp3) is 0.125. The Bertz CT molecular complexity index is 773. The second-order valence-electron chi connectivity index (χ2n) is 5.08. The van der Waals surface area contributed by atoms with Crippen LogP contribution in [0.4, 0.5) is 5.69 Å². The van der Waals surface area contributed by atoms with Crippen LogP contribution < -0.4 is 5.32 Å². The molecule has 0 unspecified atom stereocenters. The van der Waals surface area contributed by atoms with Crippen molar-refractivity contribution in [1.82, 2.24) is 0 Å². The molecule has 0 bridgehead atoms. The number of nitrogens with one attached hydrogen (secondary N) is 1. The molecule has 0 aliphatic carbocycles. The summed E-state index contributed by atoms with van der Waals surface area (Å²) >= 11 is 11.8. The van der Waals surface area contributed by atoms with E-state index in [1.54, 1.807) is 42.5 Å². The molecular formula is C16H11Cl2NO3. The van der Waals surface area contributed by atoms with Gasteiger partial charge in [0, 0.05) is 16.1 Å². The molecule has 0 saturated heterocycles. The summed E-state index contributed by atoms with van der Waals surface area (Å²) in [5.41, 5.74) is -0.884. The number of aliphatic hydroxyl groups is 1. The highest BCUT2D eigenvalue weighted by atomic mass is 35.5. The number of benzene rings is 2. The van der Waals surface area contributed by atoms with Gasteiger partial charge in [-0.25, -0.2) is 0 Å². The summed E-state index contributed by atoms with van der Waals surface area (Å²) in [6.45, 7) is 0.